The lowest BCUT2D eigenvalue weighted by Crippen LogP contribution is -2.30. The molecule has 0 aliphatic carbocycles. The standard InChI is InChI=1S/C17H14BrFN4O/c1-10-20-16(23-22-10)15(11-5-3-2-4-6-11)21-17(24)13-8-7-12(19)9-14(13)18/h2-9,15H,1H3,(H,21,24)(H,20,22,23)/t15-/m1/s1. The Morgan fingerprint density at radius 3 is 2.62 bits per heavy atom. The molecule has 0 fully saturated rings. The van der Waals surface area contributed by atoms with Crippen LogP contribution < -0.4 is 5.32 Å². The van der Waals surface area contributed by atoms with Gasteiger partial charge in [-0.05, 0) is 46.6 Å². The molecule has 3 rings (SSSR count). The number of hydrogen-bond acceptors (Lipinski definition) is 3. The topological polar surface area (TPSA) is 70.7 Å². The fourth-order valence-electron chi connectivity index (χ4n) is 2.31. The van der Waals surface area contributed by atoms with Crippen LogP contribution in [-0.2, 0) is 0 Å². The van der Waals surface area contributed by atoms with Gasteiger partial charge in [0.05, 0.1) is 5.56 Å². The number of benzene rings is 2. The highest BCUT2D eigenvalue weighted by molar-refractivity contribution is 9.10. The summed E-state index contributed by atoms with van der Waals surface area (Å²) in [6.07, 6.45) is 0. The molecule has 2 aromatic carbocycles. The number of aromatic nitrogens is 3. The van der Waals surface area contributed by atoms with E-state index in [1.54, 1.807) is 6.92 Å². The van der Waals surface area contributed by atoms with Gasteiger partial charge in [0.2, 0.25) is 0 Å². The predicted molar refractivity (Wildman–Crippen MR) is 91.0 cm³/mol. The van der Waals surface area contributed by atoms with Gasteiger partial charge in [0.15, 0.2) is 5.82 Å². The molecule has 0 spiro atoms. The molecule has 5 nitrogen and oxygen atoms in total. The van der Waals surface area contributed by atoms with Crippen LogP contribution in [0.1, 0.15) is 33.6 Å². The monoisotopic (exact) mass is 388 g/mol. The zero-order valence-corrected chi connectivity index (χ0v) is 14.3. The van der Waals surface area contributed by atoms with Crippen LogP contribution in [-0.4, -0.2) is 21.1 Å². The molecule has 0 bridgehead atoms. The van der Waals surface area contributed by atoms with Crippen LogP contribution in [0.4, 0.5) is 4.39 Å². The van der Waals surface area contributed by atoms with E-state index in [-0.39, 0.29) is 5.91 Å². The van der Waals surface area contributed by atoms with E-state index in [1.807, 2.05) is 30.3 Å². The van der Waals surface area contributed by atoms with E-state index < -0.39 is 11.9 Å². The summed E-state index contributed by atoms with van der Waals surface area (Å²) in [4.78, 5) is 16.9. The largest absolute Gasteiger partial charge is 0.338 e. The minimum absolute atomic E-state index is 0.338. The van der Waals surface area contributed by atoms with Gasteiger partial charge in [-0.25, -0.2) is 9.37 Å². The van der Waals surface area contributed by atoms with Crippen LogP contribution in [0.25, 0.3) is 0 Å². The number of amides is 1. The third-order valence-electron chi connectivity index (χ3n) is 3.46. The molecule has 0 unspecified atom stereocenters. The number of hydrogen-bond donors (Lipinski definition) is 2. The summed E-state index contributed by atoms with van der Waals surface area (Å²) in [7, 11) is 0. The first-order chi connectivity index (χ1) is 11.5. The second-order valence-corrected chi connectivity index (χ2v) is 6.07. The van der Waals surface area contributed by atoms with E-state index in [0.717, 1.165) is 5.56 Å². The second kappa shape index (κ2) is 6.92. The van der Waals surface area contributed by atoms with Crippen molar-refractivity contribution in [2.45, 2.75) is 13.0 Å². The van der Waals surface area contributed by atoms with Crippen molar-refractivity contribution in [3.8, 4) is 0 Å². The summed E-state index contributed by atoms with van der Waals surface area (Å²) >= 11 is 3.22. The number of carbonyl (C=O) groups is 1. The third kappa shape index (κ3) is 3.51. The Kier molecular flexibility index (Phi) is 4.71. The SMILES string of the molecule is Cc1nc([C@H](NC(=O)c2ccc(F)cc2Br)c2ccccc2)n[nH]1. The molecular formula is C17H14BrFN4O. The lowest BCUT2D eigenvalue weighted by atomic mass is 10.1. The molecule has 1 heterocycles. The predicted octanol–water partition coefficient (Wildman–Crippen LogP) is 3.53. The van der Waals surface area contributed by atoms with Crippen LogP contribution in [0.15, 0.2) is 53.0 Å². The first-order valence-corrected chi connectivity index (χ1v) is 8.03. The van der Waals surface area contributed by atoms with Gasteiger partial charge in [-0.1, -0.05) is 30.3 Å². The van der Waals surface area contributed by atoms with Crippen LogP contribution in [0, 0.1) is 12.7 Å². The van der Waals surface area contributed by atoms with Crippen molar-refractivity contribution in [1.29, 1.82) is 0 Å². The molecule has 0 saturated heterocycles. The van der Waals surface area contributed by atoms with E-state index in [2.05, 4.69) is 36.4 Å². The van der Waals surface area contributed by atoms with Crippen molar-refractivity contribution in [3.63, 3.8) is 0 Å². The maximum Gasteiger partial charge on any atom is 0.253 e. The summed E-state index contributed by atoms with van der Waals surface area (Å²) in [6, 6.07) is 12.8. The minimum atomic E-state index is -0.513. The van der Waals surface area contributed by atoms with Gasteiger partial charge in [-0.15, -0.1) is 0 Å². The van der Waals surface area contributed by atoms with Gasteiger partial charge in [-0.2, -0.15) is 5.10 Å². The van der Waals surface area contributed by atoms with Crippen molar-refractivity contribution in [3.05, 3.63) is 81.6 Å². The van der Waals surface area contributed by atoms with Crippen LogP contribution in [0.3, 0.4) is 0 Å². The molecule has 1 aromatic heterocycles. The number of nitrogens with one attached hydrogen (secondary N) is 2. The lowest BCUT2D eigenvalue weighted by molar-refractivity contribution is 0.0940. The van der Waals surface area contributed by atoms with Crippen molar-refractivity contribution < 1.29 is 9.18 Å². The molecule has 0 aliphatic heterocycles. The van der Waals surface area contributed by atoms with Crippen molar-refractivity contribution in [2.75, 3.05) is 0 Å². The number of aryl methyl sites for hydroxylation is 1. The summed E-state index contributed by atoms with van der Waals surface area (Å²) in [5.41, 5.74) is 1.19. The summed E-state index contributed by atoms with van der Waals surface area (Å²) in [6.45, 7) is 1.79. The first kappa shape index (κ1) is 16.3. The minimum Gasteiger partial charge on any atom is -0.338 e. The smallest absolute Gasteiger partial charge is 0.253 e. The maximum absolute atomic E-state index is 13.2. The first-order valence-electron chi connectivity index (χ1n) is 7.24. The van der Waals surface area contributed by atoms with Gasteiger partial charge in [0, 0.05) is 4.47 Å². The molecule has 1 atom stereocenters. The number of halogens is 2. The average molecular weight is 389 g/mol. The lowest BCUT2D eigenvalue weighted by Gasteiger charge is -2.17. The molecule has 3 aromatic rings. The van der Waals surface area contributed by atoms with Gasteiger partial charge in [-0.3, -0.25) is 9.89 Å². The molecular weight excluding hydrogens is 375 g/mol. The quantitative estimate of drug-likeness (QED) is 0.717. The van der Waals surface area contributed by atoms with E-state index in [0.29, 0.717) is 21.7 Å². The summed E-state index contributed by atoms with van der Waals surface area (Å²) in [5.74, 6) is 0.356. The highest BCUT2D eigenvalue weighted by Crippen LogP contribution is 2.22. The Labute approximate surface area is 146 Å². The van der Waals surface area contributed by atoms with Crippen molar-refractivity contribution in [2.24, 2.45) is 0 Å². The molecule has 7 heteroatoms. The Balaban J connectivity index is 1.93. The van der Waals surface area contributed by atoms with Crippen molar-refractivity contribution in [1.82, 2.24) is 20.5 Å². The molecule has 1 amide bonds. The zero-order chi connectivity index (χ0) is 17.1. The Morgan fingerprint density at radius 1 is 1.25 bits per heavy atom. The van der Waals surface area contributed by atoms with Crippen LogP contribution >= 0.6 is 15.9 Å². The molecule has 24 heavy (non-hydrogen) atoms. The number of rotatable bonds is 4. The average Bonchev–Trinajstić information content (AvgIpc) is 2.99. The van der Waals surface area contributed by atoms with E-state index in [9.17, 15) is 9.18 Å². The van der Waals surface area contributed by atoms with Gasteiger partial charge < -0.3 is 5.32 Å². The highest BCUT2D eigenvalue weighted by atomic mass is 79.9. The molecule has 0 radical (unpaired) electrons. The molecule has 0 saturated carbocycles. The normalized spacial score (nSPS) is 12.0. The number of nitrogens with zero attached hydrogens (tertiary/aromatic N) is 2. The number of H-pyrrole nitrogens is 1. The Hall–Kier alpha value is -2.54. The van der Waals surface area contributed by atoms with E-state index in [1.165, 1.54) is 18.2 Å². The fraction of sp³-hybridized carbons (Fsp3) is 0.118. The Morgan fingerprint density at radius 2 is 2.00 bits per heavy atom. The fourth-order valence-corrected chi connectivity index (χ4v) is 2.84. The van der Waals surface area contributed by atoms with Crippen LogP contribution in [0.2, 0.25) is 0 Å². The van der Waals surface area contributed by atoms with Crippen molar-refractivity contribution >= 4 is 21.8 Å². The van der Waals surface area contributed by atoms with E-state index >= 15 is 0 Å². The van der Waals surface area contributed by atoms with Gasteiger partial charge >= 0.3 is 0 Å². The van der Waals surface area contributed by atoms with Gasteiger partial charge in [0.1, 0.15) is 17.7 Å². The number of aromatic amines is 1. The maximum atomic E-state index is 13.2. The van der Waals surface area contributed by atoms with Gasteiger partial charge in [0.25, 0.3) is 5.91 Å². The molecule has 122 valence electrons. The summed E-state index contributed by atoms with van der Waals surface area (Å²) < 4.78 is 13.6. The molecule has 0 aliphatic rings. The summed E-state index contributed by atoms with van der Waals surface area (Å²) in [5, 5.41) is 9.84. The zero-order valence-electron chi connectivity index (χ0n) is 12.8. The van der Waals surface area contributed by atoms with Crippen LogP contribution in [0.5, 0.6) is 0 Å². The molecule has 2 N–H and O–H groups in total. The third-order valence-corrected chi connectivity index (χ3v) is 4.11. The van der Waals surface area contributed by atoms with E-state index in [4.69, 9.17) is 0 Å². The highest BCUT2D eigenvalue weighted by Gasteiger charge is 2.22. The second-order valence-electron chi connectivity index (χ2n) is 5.22. The Bertz CT molecular complexity index is 866. The number of carbonyl (C=O) groups excluding carboxylic acids is 1.